The van der Waals surface area contributed by atoms with Crippen LogP contribution >= 0.6 is 0 Å². The molecule has 1 rings (SSSR count). The lowest BCUT2D eigenvalue weighted by atomic mass is 10.0. The fourth-order valence-corrected chi connectivity index (χ4v) is 1.63. The first-order chi connectivity index (χ1) is 7.58. The second kappa shape index (κ2) is 6.51. The molecular weight excluding hydrogens is 206 g/mol. The maximum Gasteiger partial charge on any atom is 0.303 e. The highest BCUT2D eigenvalue weighted by Crippen LogP contribution is 2.32. The molecule has 0 aliphatic heterocycles. The van der Waals surface area contributed by atoms with Gasteiger partial charge >= 0.3 is 5.97 Å². The molecule has 4 heteroatoms. The molecule has 0 spiro atoms. The molecule has 92 valence electrons. The lowest BCUT2D eigenvalue weighted by Gasteiger charge is -2.10. The van der Waals surface area contributed by atoms with Gasteiger partial charge in [-0.25, -0.2) is 0 Å². The summed E-state index contributed by atoms with van der Waals surface area (Å²) in [6.45, 7) is 2.70. The summed E-state index contributed by atoms with van der Waals surface area (Å²) in [6, 6.07) is 0. The lowest BCUT2D eigenvalue weighted by Crippen LogP contribution is -2.25. The van der Waals surface area contributed by atoms with Gasteiger partial charge in [-0.2, -0.15) is 0 Å². The van der Waals surface area contributed by atoms with Crippen LogP contribution in [0.4, 0.5) is 0 Å². The zero-order valence-corrected chi connectivity index (χ0v) is 9.87. The molecule has 1 aliphatic rings. The van der Waals surface area contributed by atoms with Crippen molar-refractivity contribution in [3.8, 4) is 0 Å². The Labute approximate surface area is 96.4 Å². The second-order valence-corrected chi connectivity index (χ2v) is 4.82. The second-order valence-electron chi connectivity index (χ2n) is 4.82. The summed E-state index contributed by atoms with van der Waals surface area (Å²) in [4.78, 5) is 21.7. The molecular formula is C12H21NO3. The van der Waals surface area contributed by atoms with Gasteiger partial charge < -0.3 is 10.4 Å². The fourth-order valence-electron chi connectivity index (χ4n) is 1.63. The van der Waals surface area contributed by atoms with Crippen molar-refractivity contribution in [1.82, 2.24) is 5.32 Å². The van der Waals surface area contributed by atoms with Crippen molar-refractivity contribution in [2.45, 2.75) is 45.4 Å². The first kappa shape index (κ1) is 13.0. The summed E-state index contributed by atoms with van der Waals surface area (Å²) in [7, 11) is 0. The van der Waals surface area contributed by atoms with E-state index >= 15 is 0 Å². The molecule has 0 bridgehead atoms. The van der Waals surface area contributed by atoms with Crippen molar-refractivity contribution >= 4 is 11.9 Å². The summed E-state index contributed by atoms with van der Waals surface area (Å²) in [5.41, 5.74) is 0. The van der Waals surface area contributed by atoms with Gasteiger partial charge in [0.15, 0.2) is 0 Å². The van der Waals surface area contributed by atoms with Gasteiger partial charge in [0.05, 0.1) is 0 Å². The molecule has 1 saturated carbocycles. The Bertz CT molecular complexity index is 249. The maximum absolute atomic E-state index is 11.3. The van der Waals surface area contributed by atoms with Gasteiger partial charge in [-0.1, -0.05) is 6.92 Å². The van der Waals surface area contributed by atoms with Crippen molar-refractivity contribution in [1.29, 1.82) is 0 Å². The smallest absolute Gasteiger partial charge is 0.303 e. The monoisotopic (exact) mass is 227 g/mol. The number of carbonyl (C=O) groups is 2. The molecule has 2 N–H and O–H groups in total. The van der Waals surface area contributed by atoms with Crippen LogP contribution in [0.5, 0.6) is 0 Å². The Kier molecular flexibility index (Phi) is 5.29. The number of hydrogen-bond acceptors (Lipinski definition) is 2. The average Bonchev–Trinajstić information content (AvgIpc) is 2.98. The molecule has 0 heterocycles. The fraction of sp³-hybridized carbons (Fsp3) is 0.833. The van der Waals surface area contributed by atoms with Gasteiger partial charge in [-0.3, -0.25) is 9.59 Å². The highest BCUT2D eigenvalue weighted by molar-refractivity contribution is 5.76. The van der Waals surface area contributed by atoms with Gasteiger partial charge in [0.25, 0.3) is 0 Å². The Morgan fingerprint density at radius 3 is 2.62 bits per heavy atom. The molecule has 0 saturated heterocycles. The molecule has 1 aliphatic carbocycles. The van der Waals surface area contributed by atoms with Gasteiger partial charge in [0.2, 0.25) is 5.91 Å². The summed E-state index contributed by atoms with van der Waals surface area (Å²) < 4.78 is 0. The van der Waals surface area contributed by atoms with Crippen molar-refractivity contribution < 1.29 is 14.7 Å². The molecule has 1 amide bonds. The summed E-state index contributed by atoms with van der Waals surface area (Å²) in [6.07, 6.45) is 4.84. The first-order valence-electron chi connectivity index (χ1n) is 6.06. The van der Waals surface area contributed by atoms with Gasteiger partial charge in [0, 0.05) is 19.4 Å². The average molecular weight is 227 g/mol. The SMILES string of the molecule is CC(CCNC(=O)CC1CC1)CCC(=O)O. The van der Waals surface area contributed by atoms with E-state index in [1.54, 1.807) is 0 Å². The molecule has 0 aromatic rings. The van der Waals surface area contributed by atoms with Gasteiger partial charge in [-0.15, -0.1) is 0 Å². The first-order valence-corrected chi connectivity index (χ1v) is 6.06. The molecule has 1 atom stereocenters. The van der Waals surface area contributed by atoms with Crippen LogP contribution in [0.15, 0.2) is 0 Å². The van der Waals surface area contributed by atoms with Crippen LogP contribution in [-0.4, -0.2) is 23.5 Å². The molecule has 1 unspecified atom stereocenters. The van der Waals surface area contributed by atoms with Crippen LogP contribution in [0.3, 0.4) is 0 Å². The van der Waals surface area contributed by atoms with E-state index in [0.717, 1.165) is 6.42 Å². The quantitative estimate of drug-likeness (QED) is 0.664. The molecule has 4 nitrogen and oxygen atoms in total. The van der Waals surface area contributed by atoms with Crippen LogP contribution in [0.2, 0.25) is 0 Å². The summed E-state index contributed by atoms with van der Waals surface area (Å²) >= 11 is 0. The zero-order chi connectivity index (χ0) is 12.0. The number of carboxylic acid groups (broad SMARTS) is 1. The molecule has 0 aromatic carbocycles. The number of rotatable bonds is 8. The molecule has 1 fully saturated rings. The Morgan fingerprint density at radius 1 is 1.38 bits per heavy atom. The Morgan fingerprint density at radius 2 is 2.06 bits per heavy atom. The van der Waals surface area contributed by atoms with E-state index in [1.165, 1.54) is 12.8 Å². The standard InChI is InChI=1S/C12H21NO3/c1-9(2-5-12(15)16)6-7-13-11(14)8-10-3-4-10/h9-10H,2-8H2,1H3,(H,13,14)(H,15,16). The van der Waals surface area contributed by atoms with Crippen molar-refractivity contribution in [2.75, 3.05) is 6.54 Å². The van der Waals surface area contributed by atoms with E-state index in [0.29, 0.717) is 31.2 Å². The summed E-state index contributed by atoms with van der Waals surface area (Å²) in [5, 5.41) is 11.4. The Hall–Kier alpha value is -1.06. The maximum atomic E-state index is 11.3. The van der Waals surface area contributed by atoms with Crippen LogP contribution < -0.4 is 5.32 Å². The van der Waals surface area contributed by atoms with Crippen molar-refractivity contribution in [3.63, 3.8) is 0 Å². The van der Waals surface area contributed by atoms with E-state index in [9.17, 15) is 9.59 Å². The predicted octanol–water partition coefficient (Wildman–Crippen LogP) is 1.79. The minimum atomic E-state index is -0.746. The highest BCUT2D eigenvalue weighted by atomic mass is 16.4. The molecule has 0 aromatic heterocycles. The molecule has 16 heavy (non-hydrogen) atoms. The van der Waals surface area contributed by atoms with Crippen molar-refractivity contribution in [3.05, 3.63) is 0 Å². The van der Waals surface area contributed by atoms with E-state index in [1.807, 2.05) is 6.92 Å². The van der Waals surface area contributed by atoms with Crippen LogP contribution in [0, 0.1) is 11.8 Å². The van der Waals surface area contributed by atoms with Crippen LogP contribution in [0.25, 0.3) is 0 Å². The third-order valence-corrected chi connectivity index (χ3v) is 2.98. The normalized spacial score (nSPS) is 16.8. The number of nitrogens with one attached hydrogen (secondary N) is 1. The number of hydrogen-bond donors (Lipinski definition) is 2. The number of aliphatic carboxylic acids is 1. The van der Waals surface area contributed by atoms with E-state index in [4.69, 9.17) is 5.11 Å². The van der Waals surface area contributed by atoms with Crippen LogP contribution in [-0.2, 0) is 9.59 Å². The van der Waals surface area contributed by atoms with Gasteiger partial charge in [-0.05, 0) is 37.5 Å². The van der Waals surface area contributed by atoms with E-state index in [-0.39, 0.29) is 12.3 Å². The van der Waals surface area contributed by atoms with E-state index in [2.05, 4.69) is 5.32 Å². The highest BCUT2D eigenvalue weighted by Gasteiger charge is 2.23. The zero-order valence-electron chi connectivity index (χ0n) is 9.87. The Balaban J connectivity index is 1.96. The van der Waals surface area contributed by atoms with E-state index < -0.39 is 5.97 Å². The van der Waals surface area contributed by atoms with Gasteiger partial charge in [0.1, 0.15) is 0 Å². The number of amides is 1. The van der Waals surface area contributed by atoms with Crippen LogP contribution in [0.1, 0.15) is 45.4 Å². The third kappa shape index (κ3) is 6.43. The lowest BCUT2D eigenvalue weighted by molar-refractivity contribution is -0.137. The largest absolute Gasteiger partial charge is 0.481 e. The predicted molar refractivity (Wildman–Crippen MR) is 61.0 cm³/mol. The topological polar surface area (TPSA) is 66.4 Å². The minimum absolute atomic E-state index is 0.146. The third-order valence-electron chi connectivity index (χ3n) is 2.98. The minimum Gasteiger partial charge on any atom is -0.481 e. The number of carboxylic acids is 1. The van der Waals surface area contributed by atoms with Crippen molar-refractivity contribution in [2.24, 2.45) is 11.8 Å². The molecule has 0 radical (unpaired) electrons. The number of carbonyl (C=O) groups excluding carboxylic acids is 1. The summed E-state index contributed by atoms with van der Waals surface area (Å²) in [5.74, 6) is 0.388.